The number of halogens is 2. The van der Waals surface area contributed by atoms with Gasteiger partial charge in [-0.2, -0.15) is 0 Å². The summed E-state index contributed by atoms with van der Waals surface area (Å²) in [5.74, 6) is 0. The van der Waals surface area contributed by atoms with Crippen LogP contribution in [0.1, 0.15) is 0 Å². The van der Waals surface area contributed by atoms with E-state index in [0.717, 1.165) is 51.1 Å². The van der Waals surface area contributed by atoms with Crippen molar-refractivity contribution in [2.75, 3.05) is 0 Å². The van der Waals surface area contributed by atoms with Crippen molar-refractivity contribution >= 4 is 47.0 Å². The number of H-pyrrole nitrogens is 1. The van der Waals surface area contributed by atoms with Crippen LogP contribution in [0.5, 0.6) is 0 Å². The third-order valence-corrected chi connectivity index (χ3v) is 7.27. The maximum Gasteiger partial charge on any atom is 0.181 e. The predicted molar refractivity (Wildman–Crippen MR) is 190 cm³/mol. The molecule has 0 unspecified atom stereocenters. The molecule has 15 heteroatoms. The molecule has 0 saturated carbocycles. The molecule has 0 aliphatic carbocycles. The summed E-state index contributed by atoms with van der Waals surface area (Å²) >= 11 is 16.4. The quantitative estimate of drug-likeness (QED) is 0.132. The molecule has 8 heterocycles. The molecule has 50 heavy (non-hydrogen) atoms. The first kappa shape index (κ1) is 38.6. The number of fused-ring (bicyclic) bond motifs is 1. The maximum atomic E-state index is 6.15. The number of rotatable bonds is 4. The van der Waals surface area contributed by atoms with Gasteiger partial charge in [-0.25, -0.2) is 24.9 Å². The second kappa shape index (κ2) is 19.2. The van der Waals surface area contributed by atoms with Gasteiger partial charge in [-0.05, 0) is 72.8 Å². The number of imidazole rings is 1. The van der Waals surface area contributed by atoms with Crippen molar-refractivity contribution < 1.29 is 42.1 Å². The van der Waals surface area contributed by atoms with Crippen LogP contribution in [-0.4, -0.2) is 49.8 Å². The van der Waals surface area contributed by atoms with Crippen LogP contribution in [-0.2, 0) is 42.1 Å². The zero-order chi connectivity index (χ0) is 33.1. The molecule has 0 amide bonds. The first-order valence-electron chi connectivity index (χ1n) is 14.4. The number of thiol groups is 1. The van der Waals surface area contributed by atoms with Crippen LogP contribution < -0.4 is 0 Å². The molecule has 8 aromatic heterocycles. The van der Waals surface area contributed by atoms with E-state index in [0.29, 0.717) is 20.7 Å². The Morgan fingerprint density at radius 2 is 0.840 bits per heavy atom. The zero-order valence-corrected chi connectivity index (χ0v) is 32.5. The van der Waals surface area contributed by atoms with Gasteiger partial charge < -0.3 is 4.98 Å². The largest absolute Gasteiger partial charge is 0.341 e. The number of nitrogens with one attached hydrogen (secondary N) is 1. The van der Waals surface area contributed by atoms with E-state index in [-0.39, 0.29) is 42.1 Å². The van der Waals surface area contributed by atoms with Gasteiger partial charge in [-0.3, -0.25) is 19.9 Å². The number of pyridine rings is 6. The molecule has 0 spiro atoms. The topological polar surface area (TPSA) is 132 Å². The van der Waals surface area contributed by atoms with Gasteiger partial charge in [0.25, 0.3) is 0 Å². The summed E-state index contributed by atoms with van der Waals surface area (Å²) in [4.78, 5) is 40.8. The summed E-state index contributed by atoms with van der Waals surface area (Å²) in [6.45, 7) is 0. The number of hydrogen-bond acceptors (Lipinski definition) is 10. The van der Waals surface area contributed by atoms with Crippen LogP contribution >= 0.6 is 35.8 Å². The number of nitrogens with zero attached hydrogens (tertiary/aromatic N) is 9. The van der Waals surface area contributed by atoms with Crippen molar-refractivity contribution in [3.05, 3.63) is 145 Å². The van der Waals surface area contributed by atoms with Gasteiger partial charge in [-0.15, -0.1) is 12.6 Å². The first-order chi connectivity index (χ1) is 23.5. The summed E-state index contributed by atoms with van der Waals surface area (Å²) in [5.41, 5.74) is 7.59. The Kier molecular flexibility index (Phi) is 14.8. The molecule has 1 N–H and O–H groups in total. The second-order valence-electron chi connectivity index (χ2n) is 9.77. The van der Waals surface area contributed by atoms with E-state index >= 15 is 0 Å². The predicted octanol–water partition coefficient (Wildman–Crippen LogP) is 8.35. The minimum absolute atomic E-state index is 0. The Morgan fingerprint density at radius 1 is 0.460 bits per heavy atom. The van der Waals surface area contributed by atoms with Gasteiger partial charge in [-0.1, -0.05) is 47.5 Å². The van der Waals surface area contributed by atoms with Gasteiger partial charge in [0.05, 0.1) is 51.9 Å². The van der Waals surface area contributed by atoms with E-state index in [1.54, 1.807) is 55.4 Å². The zero-order valence-electron chi connectivity index (χ0n) is 25.6. The van der Waals surface area contributed by atoms with Crippen LogP contribution in [0, 0.1) is 0 Å². The van der Waals surface area contributed by atoms with Crippen LogP contribution in [0.4, 0.5) is 0 Å². The summed E-state index contributed by atoms with van der Waals surface area (Å²) < 4.78 is 0. The molecular formula is C35H24Cl2N10Pt2S. The Morgan fingerprint density at radius 3 is 1.16 bits per heavy atom. The Bertz CT molecular complexity index is 2000. The summed E-state index contributed by atoms with van der Waals surface area (Å²) in [6.07, 6.45) is 9.94. The van der Waals surface area contributed by atoms with E-state index in [2.05, 4.69) is 62.5 Å². The SMILES string of the molecule is Clc1cc(-c2ccccn2)nc(-c2ccccn2)c1.Clc1cc(-c2ccccn2)nc(-c2ccccn2)c1.Sc1ncnc2nc[nH]c12.[Pt].[Pt]. The molecule has 8 aromatic rings. The Hall–Kier alpha value is -4.24. The van der Waals surface area contributed by atoms with E-state index < -0.39 is 0 Å². The Labute approximate surface area is 331 Å². The molecule has 0 bridgehead atoms. The fourth-order valence-corrected chi connectivity index (χ4v) is 4.96. The third-order valence-electron chi connectivity index (χ3n) is 6.49. The first-order valence-corrected chi connectivity index (χ1v) is 15.6. The third kappa shape index (κ3) is 10.4. The monoisotopic (exact) mass is 1080 g/mol. The smallest absolute Gasteiger partial charge is 0.181 e. The molecule has 0 aliphatic heterocycles. The van der Waals surface area contributed by atoms with Crippen LogP contribution in [0.3, 0.4) is 0 Å². The molecule has 254 valence electrons. The van der Waals surface area contributed by atoms with E-state index in [4.69, 9.17) is 23.2 Å². The molecule has 10 nitrogen and oxygen atoms in total. The molecule has 0 aliphatic rings. The fraction of sp³-hybridized carbons (Fsp3) is 0. The van der Waals surface area contributed by atoms with Crippen molar-refractivity contribution in [3.63, 3.8) is 0 Å². The van der Waals surface area contributed by atoms with Crippen molar-refractivity contribution in [1.82, 2.24) is 49.8 Å². The normalized spacial score (nSPS) is 9.98. The van der Waals surface area contributed by atoms with Gasteiger partial charge in [0.2, 0.25) is 0 Å². The van der Waals surface area contributed by atoms with Crippen LogP contribution in [0.2, 0.25) is 10.0 Å². The van der Waals surface area contributed by atoms with Gasteiger partial charge >= 0.3 is 0 Å². The Balaban J connectivity index is 0.000000173. The van der Waals surface area contributed by atoms with E-state index in [9.17, 15) is 0 Å². The maximum absolute atomic E-state index is 6.15. The van der Waals surface area contributed by atoms with Gasteiger partial charge in [0.1, 0.15) is 16.9 Å². The molecule has 0 saturated heterocycles. The van der Waals surface area contributed by atoms with Crippen molar-refractivity contribution in [1.29, 1.82) is 0 Å². The van der Waals surface area contributed by atoms with Gasteiger partial charge in [0, 0.05) is 77.0 Å². The minimum atomic E-state index is 0. The summed E-state index contributed by atoms with van der Waals surface area (Å²) in [5, 5.41) is 1.87. The summed E-state index contributed by atoms with van der Waals surface area (Å²) in [7, 11) is 0. The van der Waals surface area contributed by atoms with Crippen molar-refractivity contribution in [2.45, 2.75) is 5.03 Å². The van der Waals surface area contributed by atoms with Crippen LogP contribution in [0.25, 0.3) is 56.7 Å². The molecular weight excluding hydrogens is 1050 g/mol. The van der Waals surface area contributed by atoms with E-state index in [1.807, 2.05) is 72.8 Å². The van der Waals surface area contributed by atoms with Gasteiger partial charge in [0.15, 0.2) is 5.65 Å². The molecule has 8 rings (SSSR count). The fourth-order valence-electron chi connectivity index (χ4n) is 4.33. The average molecular weight is 1080 g/mol. The molecule has 0 radical (unpaired) electrons. The number of hydrogen-bond donors (Lipinski definition) is 2. The van der Waals surface area contributed by atoms with E-state index in [1.165, 1.54) is 6.33 Å². The molecule has 0 atom stereocenters. The standard InChI is InChI=1S/2C15H10ClN3.C5H4N4S.2Pt/c2*16-11-9-14(12-5-1-3-7-17-12)19-15(10-11)13-6-2-4-8-18-13;10-5-3-4(7-1-6-3)8-2-9-5;;/h2*1-10H;1-2H,(H2,6,7,8,9,10);;. The number of aromatic amines is 1. The average Bonchev–Trinajstić information content (AvgIpc) is 3.64. The second-order valence-corrected chi connectivity index (χ2v) is 11.1. The number of aromatic nitrogens is 10. The molecule has 0 aromatic carbocycles. The van der Waals surface area contributed by atoms with Crippen molar-refractivity contribution in [2.24, 2.45) is 0 Å². The summed E-state index contributed by atoms with van der Waals surface area (Å²) in [6, 6.07) is 30.0. The molecule has 0 fully saturated rings. The van der Waals surface area contributed by atoms with Crippen LogP contribution in [0.15, 0.2) is 140 Å². The van der Waals surface area contributed by atoms with Crippen molar-refractivity contribution in [3.8, 4) is 45.6 Å². The minimum Gasteiger partial charge on any atom is -0.341 e.